The lowest BCUT2D eigenvalue weighted by Crippen LogP contribution is -2.37. The predicted octanol–water partition coefficient (Wildman–Crippen LogP) is 4.99. The van der Waals surface area contributed by atoms with Crippen LogP contribution >= 0.6 is 0 Å². The van der Waals surface area contributed by atoms with E-state index in [1.54, 1.807) is 0 Å². The van der Waals surface area contributed by atoms with E-state index in [1.165, 1.54) is 0 Å². The van der Waals surface area contributed by atoms with Crippen molar-refractivity contribution in [3.63, 3.8) is 0 Å². The van der Waals surface area contributed by atoms with Crippen LogP contribution in [0.2, 0.25) is 0 Å². The van der Waals surface area contributed by atoms with Gasteiger partial charge in [-0.25, -0.2) is 0 Å². The first-order valence-electron chi connectivity index (χ1n) is 6.01. The monoisotopic (exact) mass is 198 g/mol. The Hall–Kier alpha value is 0. The van der Waals surface area contributed by atoms with Crippen LogP contribution in [0.1, 0.15) is 62.3 Å². The average Bonchev–Trinajstić information content (AvgIpc) is 1.99. The summed E-state index contributed by atoms with van der Waals surface area (Å²) in [6, 6.07) is 0. The molecule has 0 nitrogen and oxygen atoms in total. The molecule has 0 saturated heterocycles. The van der Waals surface area contributed by atoms with E-state index in [9.17, 15) is 0 Å². The second-order valence-corrected chi connectivity index (χ2v) is 6.92. The molecule has 0 aliphatic rings. The van der Waals surface area contributed by atoms with E-state index in [0.29, 0.717) is 10.8 Å². The molecule has 0 aromatic rings. The first-order valence-corrected chi connectivity index (χ1v) is 6.01. The van der Waals surface area contributed by atoms with Gasteiger partial charge in [0.2, 0.25) is 0 Å². The molecular weight excluding hydrogens is 168 g/mol. The summed E-state index contributed by atoms with van der Waals surface area (Å²) in [6.45, 7) is 21.4. The molecule has 0 saturated carbocycles. The summed E-state index contributed by atoms with van der Waals surface area (Å²) >= 11 is 0. The van der Waals surface area contributed by atoms with E-state index >= 15 is 0 Å². The Labute approximate surface area is 91.5 Å². The van der Waals surface area contributed by atoms with Crippen LogP contribution in [0.5, 0.6) is 0 Å². The zero-order valence-electron chi connectivity index (χ0n) is 11.7. The van der Waals surface area contributed by atoms with Crippen LogP contribution in [0.4, 0.5) is 0 Å². The second kappa shape index (κ2) is 4.24. The molecule has 86 valence electrons. The zero-order valence-corrected chi connectivity index (χ0v) is 11.7. The predicted molar refractivity (Wildman–Crippen MR) is 66.4 cm³/mol. The van der Waals surface area contributed by atoms with Crippen molar-refractivity contribution in [2.75, 3.05) is 0 Å². The molecule has 0 heterocycles. The third-order valence-electron chi connectivity index (χ3n) is 4.78. The quantitative estimate of drug-likeness (QED) is 0.599. The minimum absolute atomic E-state index is 0.422. The molecule has 0 heteroatoms. The van der Waals surface area contributed by atoms with Gasteiger partial charge in [-0.2, -0.15) is 0 Å². The second-order valence-electron chi connectivity index (χ2n) is 6.92. The Bertz CT molecular complexity index is 169. The molecule has 0 spiro atoms. The van der Waals surface area contributed by atoms with Crippen molar-refractivity contribution >= 4 is 0 Å². The summed E-state index contributed by atoms with van der Waals surface area (Å²) in [5.74, 6) is 2.28. The molecule has 0 aliphatic heterocycles. The van der Waals surface area contributed by atoms with Crippen LogP contribution in [0, 0.1) is 28.6 Å². The van der Waals surface area contributed by atoms with Crippen molar-refractivity contribution in [2.24, 2.45) is 28.6 Å². The summed E-state index contributed by atoms with van der Waals surface area (Å²) in [6.07, 6.45) is 0. The van der Waals surface area contributed by atoms with Gasteiger partial charge in [-0.05, 0) is 28.6 Å². The maximum Gasteiger partial charge on any atom is -0.0303 e. The van der Waals surface area contributed by atoms with Crippen molar-refractivity contribution in [3.8, 4) is 0 Å². The SMILES string of the molecule is CC(C(C)C(C)(C)C(C)C)C(C)(C)C. The maximum atomic E-state index is 2.41. The van der Waals surface area contributed by atoms with Crippen LogP contribution in [0.25, 0.3) is 0 Å². The molecular formula is C14H30. The lowest BCUT2D eigenvalue weighted by atomic mass is 9.61. The number of hydrogen-bond donors (Lipinski definition) is 0. The van der Waals surface area contributed by atoms with Gasteiger partial charge in [-0.15, -0.1) is 0 Å². The molecule has 0 aromatic carbocycles. The third-order valence-corrected chi connectivity index (χ3v) is 4.78. The van der Waals surface area contributed by atoms with Gasteiger partial charge >= 0.3 is 0 Å². The molecule has 0 radical (unpaired) electrons. The first kappa shape index (κ1) is 14.0. The Morgan fingerprint density at radius 1 is 0.643 bits per heavy atom. The highest BCUT2D eigenvalue weighted by Crippen LogP contribution is 2.44. The van der Waals surface area contributed by atoms with Gasteiger partial charge in [0.15, 0.2) is 0 Å². The van der Waals surface area contributed by atoms with Crippen molar-refractivity contribution in [3.05, 3.63) is 0 Å². The highest BCUT2D eigenvalue weighted by molar-refractivity contribution is 4.86. The average molecular weight is 198 g/mol. The highest BCUT2D eigenvalue weighted by Gasteiger charge is 2.37. The van der Waals surface area contributed by atoms with Gasteiger partial charge in [-0.3, -0.25) is 0 Å². The van der Waals surface area contributed by atoms with Gasteiger partial charge in [-0.1, -0.05) is 62.3 Å². The van der Waals surface area contributed by atoms with Gasteiger partial charge < -0.3 is 0 Å². The van der Waals surface area contributed by atoms with Crippen LogP contribution in [0.15, 0.2) is 0 Å². The summed E-state index contributed by atoms with van der Waals surface area (Å²) in [7, 11) is 0. The molecule has 2 unspecified atom stereocenters. The smallest absolute Gasteiger partial charge is 0.0303 e. The van der Waals surface area contributed by atoms with E-state index < -0.39 is 0 Å². The van der Waals surface area contributed by atoms with Gasteiger partial charge in [0.05, 0.1) is 0 Å². The van der Waals surface area contributed by atoms with Crippen molar-refractivity contribution in [2.45, 2.75) is 62.3 Å². The molecule has 14 heavy (non-hydrogen) atoms. The molecule has 0 aliphatic carbocycles. The fraction of sp³-hybridized carbons (Fsp3) is 1.00. The lowest BCUT2D eigenvalue weighted by molar-refractivity contribution is 0.0517. The molecule has 0 fully saturated rings. The zero-order chi connectivity index (χ0) is 11.7. The lowest BCUT2D eigenvalue weighted by Gasteiger charge is -2.44. The number of rotatable bonds is 3. The van der Waals surface area contributed by atoms with Crippen LogP contribution < -0.4 is 0 Å². The van der Waals surface area contributed by atoms with E-state index in [-0.39, 0.29) is 0 Å². The number of hydrogen-bond acceptors (Lipinski definition) is 0. The fourth-order valence-electron chi connectivity index (χ4n) is 1.92. The standard InChI is InChI=1S/C14H30/c1-10(2)14(8,9)12(4)11(3)13(5,6)7/h10-12H,1-9H3. The van der Waals surface area contributed by atoms with E-state index in [2.05, 4.69) is 62.3 Å². The normalized spacial score (nSPS) is 18.4. The maximum absolute atomic E-state index is 2.41. The summed E-state index contributed by atoms with van der Waals surface area (Å²) in [5.41, 5.74) is 0.859. The van der Waals surface area contributed by atoms with Gasteiger partial charge in [0.1, 0.15) is 0 Å². The molecule has 0 bridgehead atoms. The Morgan fingerprint density at radius 3 is 1.21 bits per heavy atom. The van der Waals surface area contributed by atoms with Crippen LogP contribution in [-0.4, -0.2) is 0 Å². The van der Waals surface area contributed by atoms with Gasteiger partial charge in [0.25, 0.3) is 0 Å². The van der Waals surface area contributed by atoms with Crippen LogP contribution in [0.3, 0.4) is 0 Å². The molecule has 0 amide bonds. The minimum atomic E-state index is 0.422. The fourth-order valence-corrected chi connectivity index (χ4v) is 1.92. The molecule has 0 rings (SSSR count). The van der Waals surface area contributed by atoms with Gasteiger partial charge in [0, 0.05) is 0 Å². The van der Waals surface area contributed by atoms with E-state index in [1.807, 2.05) is 0 Å². The Balaban J connectivity index is 4.70. The van der Waals surface area contributed by atoms with Crippen LogP contribution in [-0.2, 0) is 0 Å². The van der Waals surface area contributed by atoms with Crippen molar-refractivity contribution in [1.29, 1.82) is 0 Å². The topological polar surface area (TPSA) is 0 Å². The van der Waals surface area contributed by atoms with E-state index in [4.69, 9.17) is 0 Å². The summed E-state index contributed by atoms with van der Waals surface area (Å²) in [4.78, 5) is 0. The molecule has 0 N–H and O–H groups in total. The Kier molecular flexibility index (Phi) is 4.24. The summed E-state index contributed by atoms with van der Waals surface area (Å²) in [5, 5.41) is 0. The highest BCUT2D eigenvalue weighted by atomic mass is 14.4. The summed E-state index contributed by atoms with van der Waals surface area (Å²) < 4.78 is 0. The van der Waals surface area contributed by atoms with Crippen molar-refractivity contribution < 1.29 is 0 Å². The minimum Gasteiger partial charge on any atom is -0.0623 e. The third kappa shape index (κ3) is 3.00. The van der Waals surface area contributed by atoms with E-state index in [0.717, 1.165) is 17.8 Å². The molecule has 0 aromatic heterocycles. The molecule has 2 atom stereocenters. The first-order chi connectivity index (χ1) is 6.01. The Morgan fingerprint density at radius 2 is 1.00 bits per heavy atom. The largest absolute Gasteiger partial charge is 0.0623 e. The van der Waals surface area contributed by atoms with Crippen molar-refractivity contribution in [1.82, 2.24) is 0 Å².